The van der Waals surface area contributed by atoms with Gasteiger partial charge in [0.15, 0.2) is 11.5 Å². The first-order valence-electron chi connectivity index (χ1n) is 11.1. The molecule has 4 atom stereocenters. The van der Waals surface area contributed by atoms with Crippen LogP contribution in [0, 0.1) is 0 Å². The lowest BCUT2D eigenvalue weighted by molar-refractivity contribution is 0.225. The minimum atomic E-state index is 0.130. The second kappa shape index (κ2) is 8.78. The predicted molar refractivity (Wildman–Crippen MR) is 113 cm³/mol. The van der Waals surface area contributed by atoms with Gasteiger partial charge in [-0.05, 0) is 23.8 Å². The van der Waals surface area contributed by atoms with Crippen LogP contribution in [0.1, 0.15) is 0 Å². The first-order chi connectivity index (χ1) is 15.8. The molecule has 0 bridgehead atoms. The zero-order chi connectivity index (χ0) is 21.3. The van der Waals surface area contributed by atoms with E-state index in [1.165, 1.54) is 0 Å². The van der Waals surface area contributed by atoms with Crippen LogP contribution in [0.25, 0.3) is 11.1 Å². The van der Waals surface area contributed by atoms with E-state index < -0.39 is 0 Å². The van der Waals surface area contributed by atoms with E-state index in [-0.39, 0.29) is 24.4 Å². The minimum absolute atomic E-state index is 0.130. The molecule has 170 valence electrons. The molecule has 4 aliphatic rings. The van der Waals surface area contributed by atoms with E-state index in [1.807, 2.05) is 36.4 Å². The molecule has 0 aliphatic carbocycles. The summed E-state index contributed by atoms with van der Waals surface area (Å²) >= 11 is 0. The second-order valence-corrected chi connectivity index (χ2v) is 8.39. The molecule has 4 saturated heterocycles. The largest absolute Gasteiger partial charge is 0.491 e. The lowest BCUT2D eigenvalue weighted by Gasteiger charge is -2.18. The number of rotatable bonds is 13. The van der Waals surface area contributed by atoms with Crippen molar-refractivity contribution >= 4 is 0 Å². The normalized spacial score (nSPS) is 26.9. The van der Waals surface area contributed by atoms with E-state index in [4.69, 9.17) is 37.9 Å². The molecule has 4 unspecified atom stereocenters. The summed E-state index contributed by atoms with van der Waals surface area (Å²) in [6.45, 7) is 4.99. The summed E-state index contributed by atoms with van der Waals surface area (Å²) < 4.78 is 45.2. The molecule has 0 radical (unpaired) electrons. The fraction of sp³-hybridized carbons (Fsp3) is 0.500. The van der Waals surface area contributed by atoms with Gasteiger partial charge in [0, 0.05) is 11.6 Å². The molecule has 0 saturated carbocycles. The van der Waals surface area contributed by atoms with E-state index in [2.05, 4.69) is 0 Å². The average molecular weight is 442 g/mol. The molecule has 6 rings (SSSR count). The molecule has 8 heteroatoms. The summed E-state index contributed by atoms with van der Waals surface area (Å²) in [5.41, 5.74) is 1.87. The summed E-state index contributed by atoms with van der Waals surface area (Å²) in [5, 5.41) is 0. The van der Waals surface area contributed by atoms with Crippen LogP contribution < -0.4 is 18.9 Å². The van der Waals surface area contributed by atoms with Crippen LogP contribution in [-0.4, -0.2) is 77.3 Å². The Kier molecular flexibility index (Phi) is 5.52. The molecular formula is C24H26O8. The summed E-state index contributed by atoms with van der Waals surface area (Å²) in [4.78, 5) is 0. The molecule has 2 aromatic carbocycles. The van der Waals surface area contributed by atoms with Crippen molar-refractivity contribution < 1.29 is 37.9 Å². The Bertz CT molecular complexity index is 930. The highest BCUT2D eigenvalue weighted by Gasteiger charge is 2.28. The lowest BCUT2D eigenvalue weighted by Crippen LogP contribution is -2.10. The molecule has 0 aromatic heterocycles. The highest BCUT2D eigenvalue weighted by atomic mass is 16.6. The van der Waals surface area contributed by atoms with Crippen molar-refractivity contribution in [3.63, 3.8) is 0 Å². The van der Waals surface area contributed by atoms with Gasteiger partial charge in [0.1, 0.15) is 62.3 Å². The van der Waals surface area contributed by atoms with Crippen molar-refractivity contribution in [3.05, 3.63) is 36.4 Å². The summed E-state index contributed by atoms with van der Waals surface area (Å²) in [7, 11) is 0. The number of hydrogen-bond acceptors (Lipinski definition) is 8. The van der Waals surface area contributed by atoms with E-state index in [0.717, 1.165) is 43.3 Å². The molecule has 4 aliphatic heterocycles. The number of epoxide rings is 4. The van der Waals surface area contributed by atoms with Gasteiger partial charge in [0.25, 0.3) is 0 Å². The Labute approximate surface area is 186 Å². The van der Waals surface area contributed by atoms with E-state index >= 15 is 0 Å². The minimum Gasteiger partial charge on any atom is -0.491 e. The van der Waals surface area contributed by atoms with Crippen molar-refractivity contribution in [2.24, 2.45) is 0 Å². The van der Waals surface area contributed by atoms with Gasteiger partial charge in [-0.15, -0.1) is 0 Å². The van der Waals surface area contributed by atoms with Crippen LogP contribution in [0.4, 0.5) is 0 Å². The molecule has 0 spiro atoms. The smallest absolute Gasteiger partial charge is 0.169 e. The fourth-order valence-corrected chi connectivity index (χ4v) is 3.26. The molecule has 2 aromatic rings. The Balaban J connectivity index is 1.28. The van der Waals surface area contributed by atoms with Crippen LogP contribution in [0.15, 0.2) is 36.4 Å². The first kappa shape index (κ1) is 20.1. The first-order valence-corrected chi connectivity index (χ1v) is 11.1. The maximum Gasteiger partial charge on any atom is 0.169 e. The van der Waals surface area contributed by atoms with Crippen LogP contribution in [0.5, 0.6) is 23.0 Å². The van der Waals surface area contributed by atoms with Crippen molar-refractivity contribution in [3.8, 4) is 34.1 Å². The monoisotopic (exact) mass is 442 g/mol. The Morgan fingerprint density at radius 3 is 1.66 bits per heavy atom. The van der Waals surface area contributed by atoms with Gasteiger partial charge in [-0.25, -0.2) is 0 Å². The topological polar surface area (TPSA) is 87.0 Å². The lowest BCUT2D eigenvalue weighted by atomic mass is 10.0. The quantitative estimate of drug-likeness (QED) is 0.437. The van der Waals surface area contributed by atoms with Gasteiger partial charge in [0.2, 0.25) is 0 Å². The number of hydrogen-bond donors (Lipinski definition) is 0. The van der Waals surface area contributed by atoms with Crippen molar-refractivity contribution in [1.82, 2.24) is 0 Å². The Morgan fingerprint density at radius 2 is 1.09 bits per heavy atom. The number of benzene rings is 2. The van der Waals surface area contributed by atoms with Crippen LogP contribution in [0.3, 0.4) is 0 Å². The maximum absolute atomic E-state index is 6.19. The van der Waals surface area contributed by atoms with Crippen LogP contribution in [-0.2, 0) is 18.9 Å². The van der Waals surface area contributed by atoms with Gasteiger partial charge in [-0.3, -0.25) is 0 Å². The highest BCUT2D eigenvalue weighted by Crippen LogP contribution is 2.43. The van der Waals surface area contributed by atoms with E-state index in [1.54, 1.807) is 0 Å². The zero-order valence-electron chi connectivity index (χ0n) is 17.7. The highest BCUT2D eigenvalue weighted by molar-refractivity contribution is 5.76. The van der Waals surface area contributed by atoms with Crippen molar-refractivity contribution in [1.29, 1.82) is 0 Å². The number of ether oxygens (including phenoxy) is 8. The third-order valence-corrected chi connectivity index (χ3v) is 5.51. The third-order valence-electron chi connectivity index (χ3n) is 5.51. The maximum atomic E-state index is 6.19. The predicted octanol–water partition coefficient (Wildman–Crippen LogP) is 2.46. The van der Waals surface area contributed by atoms with Crippen LogP contribution in [0.2, 0.25) is 0 Å². The molecule has 0 amide bonds. The Hall–Kier alpha value is -2.52. The summed E-state index contributed by atoms with van der Waals surface area (Å²) in [6.07, 6.45) is 0.650. The van der Waals surface area contributed by atoms with Crippen molar-refractivity contribution in [2.45, 2.75) is 24.4 Å². The molecule has 4 heterocycles. The SMILES string of the molecule is c1cc(-c2cc(OCC3CO3)cc(OCC3CO3)c2OCC2CO2)ccc1OCC1CO1. The van der Waals surface area contributed by atoms with Crippen LogP contribution >= 0.6 is 0 Å². The second-order valence-electron chi connectivity index (χ2n) is 8.39. The van der Waals surface area contributed by atoms with Gasteiger partial charge >= 0.3 is 0 Å². The molecule has 8 nitrogen and oxygen atoms in total. The molecule has 0 N–H and O–H groups in total. The summed E-state index contributed by atoms with van der Waals surface area (Å²) in [6, 6.07) is 11.8. The van der Waals surface area contributed by atoms with E-state index in [9.17, 15) is 0 Å². The molecule has 4 fully saturated rings. The van der Waals surface area contributed by atoms with Gasteiger partial charge in [0.05, 0.1) is 26.4 Å². The van der Waals surface area contributed by atoms with Gasteiger partial charge in [-0.2, -0.15) is 0 Å². The van der Waals surface area contributed by atoms with E-state index in [0.29, 0.717) is 43.7 Å². The van der Waals surface area contributed by atoms with Crippen molar-refractivity contribution in [2.75, 3.05) is 52.9 Å². The standard InChI is InChI=1S/C24H26O8/c1-3-16(25-7-18-9-27-18)4-2-15(1)22-5-17(26-8-19-10-28-19)6-23(31-13-20-11-29-20)24(22)32-14-21-12-30-21/h1-6,18-21H,7-14H2. The van der Waals surface area contributed by atoms with Gasteiger partial charge < -0.3 is 37.9 Å². The fourth-order valence-electron chi connectivity index (χ4n) is 3.26. The molecular weight excluding hydrogens is 416 g/mol. The van der Waals surface area contributed by atoms with Gasteiger partial charge in [-0.1, -0.05) is 12.1 Å². The average Bonchev–Trinajstić information content (AvgIpc) is 3.65. The summed E-state index contributed by atoms with van der Waals surface area (Å²) in [5.74, 6) is 2.83. The Morgan fingerprint density at radius 1 is 0.594 bits per heavy atom. The zero-order valence-corrected chi connectivity index (χ0v) is 17.7. The molecule has 32 heavy (non-hydrogen) atoms. The third kappa shape index (κ3) is 5.45.